The van der Waals surface area contributed by atoms with Gasteiger partial charge in [0.25, 0.3) is 0 Å². The van der Waals surface area contributed by atoms with Gasteiger partial charge in [0.2, 0.25) is 5.82 Å². The summed E-state index contributed by atoms with van der Waals surface area (Å²) in [5, 5.41) is 12.8. The molecule has 3 aromatic rings. The van der Waals surface area contributed by atoms with Gasteiger partial charge in [-0.15, -0.1) is 5.10 Å². The number of benzene rings is 2. The summed E-state index contributed by atoms with van der Waals surface area (Å²) in [4.78, 5) is 3.32. The zero-order valence-electron chi connectivity index (χ0n) is 17.9. The van der Waals surface area contributed by atoms with E-state index in [1.54, 1.807) is 17.0 Å². The van der Waals surface area contributed by atoms with Gasteiger partial charge >= 0.3 is 0 Å². The first-order chi connectivity index (χ1) is 15.3. The first-order valence-electron chi connectivity index (χ1n) is 11.5. The highest BCUT2D eigenvalue weighted by Crippen LogP contribution is 2.18. The molecule has 5 rings (SSSR count). The third-order valence-corrected chi connectivity index (χ3v) is 7.07. The highest BCUT2D eigenvalue weighted by Gasteiger charge is 2.37. The molecule has 0 unspecified atom stereocenters. The molecule has 1 aliphatic heterocycles. The molecule has 162 valence electrons. The first-order valence-corrected chi connectivity index (χ1v) is 11.5. The van der Waals surface area contributed by atoms with Crippen LogP contribution >= 0.6 is 0 Å². The lowest BCUT2D eigenvalue weighted by molar-refractivity contribution is -1.03. The van der Waals surface area contributed by atoms with Gasteiger partial charge in [-0.2, -0.15) is 0 Å². The van der Waals surface area contributed by atoms with E-state index in [0.717, 1.165) is 30.5 Å². The van der Waals surface area contributed by atoms with Gasteiger partial charge in [-0.25, -0.2) is 9.07 Å². The highest BCUT2D eigenvalue weighted by molar-refractivity contribution is 5.23. The van der Waals surface area contributed by atoms with Crippen LogP contribution < -0.4 is 9.80 Å². The zero-order valence-corrected chi connectivity index (χ0v) is 17.9. The number of halogens is 1. The second-order valence-corrected chi connectivity index (χ2v) is 8.96. The molecule has 0 radical (unpaired) electrons. The summed E-state index contributed by atoms with van der Waals surface area (Å²) in [5.41, 5.74) is 2.24. The van der Waals surface area contributed by atoms with Crippen LogP contribution in [0, 0.1) is 5.82 Å². The van der Waals surface area contributed by atoms with E-state index in [9.17, 15) is 4.39 Å². The third kappa shape index (κ3) is 4.52. The lowest BCUT2D eigenvalue weighted by Gasteiger charge is -2.36. The summed E-state index contributed by atoms with van der Waals surface area (Å²) in [6.45, 7) is 5.20. The Morgan fingerprint density at radius 3 is 2.35 bits per heavy atom. The number of nitrogens with zero attached hydrogens (tertiary/aromatic N) is 4. The molecule has 2 N–H and O–H groups in total. The van der Waals surface area contributed by atoms with E-state index in [1.807, 2.05) is 4.68 Å². The maximum atomic E-state index is 13.3. The minimum absolute atomic E-state index is 0.0989. The third-order valence-electron chi connectivity index (χ3n) is 7.07. The van der Waals surface area contributed by atoms with Crippen LogP contribution in [0.25, 0.3) is 0 Å². The Labute approximate surface area is 182 Å². The number of hydrogen-bond acceptors (Lipinski definition) is 3. The SMILES string of the molecule is Fc1ccc(Cn2nnnc2[C@H](c2ccccc2)[NH+]2CC[NH+](C3CCCC3)CC2)cc1. The van der Waals surface area contributed by atoms with Crippen LogP contribution in [0.3, 0.4) is 0 Å². The molecule has 1 atom stereocenters. The fourth-order valence-electron chi connectivity index (χ4n) is 5.43. The topological polar surface area (TPSA) is 52.5 Å². The molecule has 1 aliphatic carbocycles. The molecule has 0 spiro atoms. The van der Waals surface area contributed by atoms with Crippen molar-refractivity contribution >= 4 is 0 Å². The van der Waals surface area contributed by atoms with Crippen molar-refractivity contribution in [3.8, 4) is 0 Å². The Morgan fingerprint density at radius 2 is 1.65 bits per heavy atom. The zero-order chi connectivity index (χ0) is 21.0. The predicted octanol–water partition coefficient (Wildman–Crippen LogP) is 0.676. The number of tetrazole rings is 1. The Bertz CT molecular complexity index is 959. The van der Waals surface area contributed by atoms with E-state index in [1.165, 1.54) is 61.4 Å². The Morgan fingerprint density at radius 1 is 0.935 bits per heavy atom. The standard InChI is InChI=1S/C24H29FN6/c25-21-12-10-19(11-13-21)18-31-24(26-27-28-31)23(20-6-2-1-3-7-20)30-16-14-29(15-17-30)22-8-4-5-9-22/h1-3,6-7,10-13,22-23H,4-5,8-9,14-18H2/p+2/t23-/m0/s1. The van der Waals surface area contributed by atoms with Crippen molar-refractivity contribution in [2.24, 2.45) is 0 Å². The van der Waals surface area contributed by atoms with Crippen LogP contribution in [0.4, 0.5) is 4.39 Å². The molecule has 7 heteroatoms. The minimum atomic E-state index is -0.227. The molecular weight excluding hydrogens is 391 g/mol. The predicted molar refractivity (Wildman–Crippen MR) is 115 cm³/mol. The maximum Gasteiger partial charge on any atom is 0.214 e. The summed E-state index contributed by atoms with van der Waals surface area (Å²) < 4.78 is 15.2. The summed E-state index contributed by atoms with van der Waals surface area (Å²) in [5.74, 6) is 0.657. The maximum absolute atomic E-state index is 13.3. The van der Waals surface area contributed by atoms with E-state index in [-0.39, 0.29) is 11.9 Å². The molecule has 2 aliphatic rings. The van der Waals surface area contributed by atoms with Crippen molar-refractivity contribution in [2.45, 2.75) is 44.3 Å². The molecule has 2 aromatic carbocycles. The average molecular weight is 423 g/mol. The van der Waals surface area contributed by atoms with Gasteiger partial charge in [0.1, 0.15) is 32.0 Å². The van der Waals surface area contributed by atoms with Crippen LogP contribution in [-0.4, -0.2) is 52.4 Å². The number of piperazine rings is 1. The van der Waals surface area contributed by atoms with Gasteiger partial charge in [-0.3, -0.25) is 0 Å². The van der Waals surface area contributed by atoms with Gasteiger partial charge in [0.15, 0.2) is 6.04 Å². The van der Waals surface area contributed by atoms with Gasteiger partial charge < -0.3 is 9.80 Å². The fraction of sp³-hybridized carbons (Fsp3) is 0.458. The number of nitrogens with one attached hydrogen (secondary N) is 2. The van der Waals surface area contributed by atoms with Crippen LogP contribution in [0.5, 0.6) is 0 Å². The minimum Gasteiger partial charge on any atom is -0.323 e. The molecule has 0 bridgehead atoms. The molecule has 6 nitrogen and oxygen atoms in total. The monoisotopic (exact) mass is 422 g/mol. The molecule has 2 fully saturated rings. The summed E-state index contributed by atoms with van der Waals surface area (Å²) in [6, 6.07) is 18.2. The molecule has 31 heavy (non-hydrogen) atoms. The van der Waals surface area contributed by atoms with Crippen LogP contribution in [-0.2, 0) is 6.54 Å². The van der Waals surface area contributed by atoms with Gasteiger partial charge in [0.05, 0.1) is 12.6 Å². The van der Waals surface area contributed by atoms with Crippen molar-refractivity contribution in [1.82, 2.24) is 20.2 Å². The normalized spacial score (nSPS) is 23.1. The molecule has 1 saturated carbocycles. The summed E-state index contributed by atoms with van der Waals surface area (Å²) in [7, 11) is 0. The van der Waals surface area contributed by atoms with Crippen molar-refractivity contribution < 1.29 is 14.2 Å². The van der Waals surface area contributed by atoms with E-state index in [2.05, 4.69) is 45.9 Å². The molecular formula is C24H31FN6+2. The fourth-order valence-corrected chi connectivity index (χ4v) is 5.43. The van der Waals surface area contributed by atoms with Gasteiger partial charge in [-0.1, -0.05) is 42.5 Å². The highest BCUT2D eigenvalue weighted by atomic mass is 19.1. The van der Waals surface area contributed by atoms with E-state index < -0.39 is 0 Å². The van der Waals surface area contributed by atoms with E-state index in [0.29, 0.717) is 6.54 Å². The van der Waals surface area contributed by atoms with Crippen molar-refractivity contribution in [2.75, 3.05) is 26.2 Å². The lowest BCUT2D eigenvalue weighted by atomic mass is 10.0. The van der Waals surface area contributed by atoms with Crippen LogP contribution in [0.15, 0.2) is 54.6 Å². The van der Waals surface area contributed by atoms with Gasteiger partial charge in [-0.05, 0) is 53.8 Å². The molecule has 0 amide bonds. The van der Waals surface area contributed by atoms with Gasteiger partial charge in [0, 0.05) is 5.56 Å². The lowest BCUT2D eigenvalue weighted by Crippen LogP contribution is -3.29. The summed E-state index contributed by atoms with van der Waals surface area (Å²) in [6.07, 6.45) is 5.58. The Balaban J connectivity index is 1.39. The Hall–Kier alpha value is -2.64. The molecule has 1 saturated heterocycles. The number of aromatic nitrogens is 4. The van der Waals surface area contributed by atoms with Crippen LogP contribution in [0.1, 0.15) is 48.7 Å². The number of rotatable bonds is 6. The van der Waals surface area contributed by atoms with E-state index in [4.69, 9.17) is 0 Å². The van der Waals surface area contributed by atoms with Crippen LogP contribution in [0.2, 0.25) is 0 Å². The largest absolute Gasteiger partial charge is 0.323 e. The summed E-state index contributed by atoms with van der Waals surface area (Å²) >= 11 is 0. The van der Waals surface area contributed by atoms with Crippen molar-refractivity contribution in [3.05, 3.63) is 77.4 Å². The smallest absolute Gasteiger partial charge is 0.214 e. The first kappa shape index (κ1) is 20.3. The Kier molecular flexibility index (Phi) is 6.04. The quantitative estimate of drug-likeness (QED) is 0.614. The second-order valence-electron chi connectivity index (χ2n) is 8.96. The number of hydrogen-bond donors (Lipinski definition) is 2. The average Bonchev–Trinajstić information content (AvgIpc) is 3.50. The second kappa shape index (κ2) is 9.24. The van der Waals surface area contributed by atoms with Crippen molar-refractivity contribution in [3.63, 3.8) is 0 Å². The molecule has 1 aromatic heterocycles. The number of quaternary nitrogens is 2. The van der Waals surface area contributed by atoms with E-state index >= 15 is 0 Å². The molecule has 2 heterocycles. The van der Waals surface area contributed by atoms with Crippen molar-refractivity contribution in [1.29, 1.82) is 0 Å².